The monoisotopic (exact) mass is 351 g/mol. The van der Waals surface area contributed by atoms with Gasteiger partial charge in [-0.15, -0.1) is 0 Å². The molecule has 0 spiro atoms. The summed E-state index contributed by atoms with van der Waals surface area (Å²) >= 11 is 6.26. The number of carbonyl (C=O) groups excluding carboxylic acids is 1. The Balaban J connectivity index is 3.10. The second-order valence-corrected chi connectivity index (χ2v) is 5.44. The molecule has 0 atom stereocenters. The molecule has 6 N–H and O–H groups in total. The van der Waals surface area contributed by atoms with E-state index in [4.69, 9.17) is 33.2 Å². The van der Waals surface area contributed by atoms with Crippen LogP contribution >= 0.6 is 11.6 Å². The van der Waals surface area contributed by atoms with E-state index in [1.165, 1.54) is 6.20 Å². The van der Waals surface area contributed by atoms with Crippen molar-refractivity contribution in [2.45, 2.75) is 20.8 Å². The van der Waals surface area contributed by atoms with Crippen molar-refractivity contribution in [2.75, 3.05) is 18.5 Å². The van der Waals surface area contributed by atoms with Gasteiger partial charge in [-0.2, -0.15) is 0 Å². The molecule has 1 aromatic rings. The second-order valence-electron chi connectivity index (χ2n) is 5.06. The fourth-order valence-electron chi connectivity index (χ4n) is 1.80. The Labute approximate surface area is 146 Å². The number of hydrogen-bond donors (Lipinski definition) is 4. The van der Waals surface area contributed by atoms with Gasteiger partial charge in [0.2, 0.25) is 0 Å². The average Bonchev–Trinajstić information content (AvgIpc) is 2.50. The summed E-state index contributed by atoms with van der Waals surface area (Å²) in [7, 11) is 0. The van der Waals surface area contributed by atoms with Crippen molar-refractivity contribution >= 4 is 29.1 Å². The first-order chi connectivity index (χ1) is 11.3. The smallest absolute Gasteiger partial charge is 0.341 e. The average molecular weight is 352 g/mol. The first kappa shape index (κ1) is 19.5. The molecule has 0 aliphatic heterocycles. The van der Waals surface area contributed by atoms with E-state index in [0.29, 0.717) is 22.8 Å². The van der Waals surface area contributed by atoms with Crippen molar-refractivity contribution in [3.05, 3.63) is 45.9 Å². The number of pyridine rings is 1. The largest absolute Gasteiger partial charge is 0.462 e. The standard InChI is InChI=1S/C16H22ClN5O2/c1-4-24-16(23)12-8-22-15(13(10(3)19)14(12)17)21-7-11(20)6-5-9(2)18/h5-6,8,19H,4,7,18,20H2,1-3H3,(H,21,22)/b9-5-,11-6-,19-10?. The van der Waals surface area contributed by atoms with Gasteiger partial charge in [0.25, 0.3) is 0 Å². The van der Waals surface area contributed by atoms with Crippen LogP contribution in [0.1, 0.15) is 36.7 Å². The quantitative estimate of drug-likeness (QED) is 0.339. The van der Waals surface area contributed by atoms with Gasteiger partial charge in [0.1, 0.15) is 5.82 Å². The highest BCUT2D eigenvalue weighted by molar-refractivity contribution is 6.37. The Kier molecular flexibility index (Phi) is 7.26. The number of nitrogens with zero attached hydrogens (tertiary/aromatic N) is 1. The Bertz CT molecular complexity index is 694. The van der Waals surface area contributed by atoms with E-state index in [1.54, 1.807) is 32.9 Å². The summed E-state index contributed by atoms with van der Waals surface area (Å²) in [5, 5.41) is 11.0. The number of ether oxygens (including phenoxy) is 1. The van der Waals surface area contributed by atoms with Gasteiger partial charge in [-0.1, -0.05) is 11.6 Å². The third-order valence-electron chi connectivity index (χ3n) is 2.91. The first-order valence-electron chi connectivity index (χ1n) is 7.31. The summed E-state index contributed by atoms with van der Waals surface area (Å²) in [4.78, 5) is 16.1. The Hall–Kier alpha value is -2.54. The van der Waals surface area contributed by atoms with Crippen molar-refractivity contribution in [3.8, 4) is 0 Å². The van der Waals surface area contributed by atoms with Gasteiger partial charge in [0, 0.05) is 23.3 Å². The third-order valence-corrected chi connectivity index (χ3v) is 3.30. The molecule has 7 nitrogen and oxygen atoms in total. The maximum Gasteiger partial charge on any atom is 0.341 e. The van der Waals surface area contributed by atoms with Crippen molar-refractivity contribution in [3.63, 3.8) is 0 Å². The minimum absolute atomic E-state index is 0.121. The lowest BCUT2D eigenvalue weighted by Crippen LogP contribution is -2.16. The number of nitrogens with two attached hydrogens (primary N) is 2. The summed E-state index contributed by atoms with van der Waals surface area (Å²) in [5.74, 6) is -0.211. The summed E-state index contributed by atoms with van der Waals surface area (Å²) in [6, 6.07) is 0. The van der Waals surface area contributed by atoms with Gasteiger partial charge in [0.15, 0.2) is 0 Å². The van der Waals surface area contributed by atoms with E-state index >= 15 is 0 Å². The van der Waals surface area contributed by atoms with Crippen LogP contribution in [0, 0.1) is 5.41 Å². The number of esters is 1. The molecule has 1 rings (SSSR count). The number of hydrogen-bond acceptors (Lipinski definition) is 7. The molecule has 0 saturated heterocycles. The van der Waals surface area contributed by atoms with E-state index in [9.17, 15) is 4.79 Å². The molecular weight excluding hydrogens is 330 g/mol. The number of anilines is 1. The molecule has 0 aliphatic rings. The molecule has 1 heterocycles. The van der Waals surface area contributed by atoms with E-state index in [2.05, 4.69) is 10.3 Å². The maximum atomic E-state index is 11.9. The van der Waals surface area contributed by atoms with Crippen LogP contribution in [-0.2, 0) is 4.74 Å². The molecule has 8 heteroatoms. The zero-order valence-electron chi connectivity index (χ0n) is 13.9. The molecule has 0 aliphatic carbocycles. The van der Waals surface area contributed by atoms with E-state index in [1.807, 2.05) is 0 Å². The van der Waals surface area contributed by atoms with Crippen molar-refractivity contribution in [1.29, 1.82) is 5.41 Å². The number of allylic oxidation sites excluding steroid dienone is 3. The zero-order valence-corrected chi connectivity index (χ0v) is 14.7. The molecule has 0 aromatic carbocycles. The normalized spacial score (nSPS) is 12.0. The number of carbonyl (C=O) groups is 1. The van der Waals surface area contributed by atoms with Crippen LogP contribution < -0.4 is 16.8 Å². The fraction of sp³-hybridized carbons (Fsp3) is 0.312. The van der Waals surface area contributed by atoms with Crippen LogP contribution in [0.2, 0.25) is 5.02 Å². The van der Waals surface area contributed by atoms with Crippen molar-refractivity contribution < 1.29 is 9.53 Å². The van der Waals surface area contributed by atoms with Gasteiger partial charge in [-0.25, -0.2) is 9.78 Å². The second kappa shape index (κ2) is 8.93. The third kappa shape index (κ3) is 5.27. The highest BCUT2D eigenvalue weighted by Crippen LogP contribution is 2.27. The van der Waals surface area contributed by atoms with Crippen LogP contribution in [0.4, 0.5) is 5.82 Å². The van der Waals surface area contributed by atoms with Crippen LogP contribution in [0.3, 0.4) is 0 Å². The number of nitrogens with one attached hydrogen (secondary N) is 2. The molecule has 0 radical (unpaired) electrons. The molecule has 0 amide bonds. The molecule has 0 saturated carbocycles. The number of halogens is 1. The number of aromatic nitrogens is 1. The Morgan fingerprint density at radius 3 is 2.62 bits per heavy atom. The molecule has 130 valence electrons. The van der Waals surface area contributed by atoms with Gasteiger partial charge >= 0.3 is 5.97 Å². The summed E-state index contributed by atoms with van der Waals surface area (Å²) in [6.07, 6.45) is 4.68. The van der Waals surface area contributed by atoms with Gasteiger partial charge < -0.3 is 26.9 Å². The summed E-state index contributed by atoms with van der Waals surface area (Å²) in [6.45, 7) is 5.52. The fourth-order valence-corrected chi connectivity index (χ4v) is 2.16. The minimum atomic E-state index is -0.577. The van der Waals surface area contributed by atoms with Gasteiger partial charge in [-0.3, -0.25) is 0 Å². The van der Waals surface area contributed by atoms with Gasteiger partial charge in [0.05, 0.1) is 29.3 Å². The topological polar surface area (TPSA) is 127 Å². The predicted molar refractivity (Wildman–Crippen MR) is 96.4 cm³/mol. The van der Waals surface area contributed by atoms with Crippen LogP contribution in [-0.4, -0.2) is 29.8 Å². The Morgan fingerprint density at radius 1 is 1.42 bits per heavy atom. The van der Waals surface area contributed by atoms with E-state index in [0.717, 1.165) is 0 Å². The summed E-state index contributed by atoms with van der Waals surface area (Å²) < 4.78 is 4.93. The van der Waals surface area contributed by atoms with Crippen LogP contribution in [0.5, 0.6) is 0 Å². The van der Waals surface area contributed by atoms with Crippen LogP contribution in [0.15, 0.2) is 29.7 Å². The van der Waals surface area contributed by atoms with E-state index in [-0.39, 0.29) is 29.4 Å². The molecule has 0 bridgehead atoms. The van der Waals surface area contributed by atoms with Crippen molar-refractivity contribution in [1.82, 2.24) is 4.98 Å². The molecular formula is C16H22ClN5O2. The molecule has 0 unspecified atom stereocenters. The zero-order chi connectivity index (χ0) is 18.3. The lowest BCUT2D eigenvalue weighted by molar-refractivity contribution is 0.0526. The first-order valence-corrected chi connectivity index (χ1v) is 7.69. The maximum absolute atomic E-state index is 11.9. The Morgan fingerprint density at radius 2 is 2.08 bits per heavy atom. The highest BCUT2D eigenvalue weighted by atomic mass is 35.5. The van der Waals surface area contributed by atoms with Gasteiger partial charge in [-0.05, 0) is 32.9 Å². The van der Waals surface area contributed by atoms with Crippen LogP contribution in [0.25, 0.3) is 0 Å². The SMILES string of the molecule is CCOC(=O)c1cnc(NC/C(N)=C/C=C(/C)N)c(C(C)=N)c1Cl. The highest BCUT2D eigenvalue weighted by Gasteiger charge is 2.20. The molecule has 24 heavy (non-hydrogen) atoms. The molecule has 0 fully saturated rings. The summed E-state index contributed by atoms with van der Waals surface area (Å²) in [5.41, 5.74) is 13.2. The minimum Gasteiger partial charge on any atom is -0.462 e. The number of rotatable bonds is 7. The van der Waals surface area contributed by atoms with E-state index < -0.39 is 5.97 Å². The predicted octanol–water partition coefficient (Wildman–Crippen LogP) is 2.42. The lowest BCUT2D eigenvalue weighted by atomic mass is 10.1. The molecule has 1 aromatic heterocycles. The lowest BCUT2D eigenvalue weighted by Gasteiger charge is -2.14. The van der Waals surface area contributed by atoms with Crippen molar-refractivity contribution in [2.24, 2.45) is 11.5 Å².